The molecule has 0 bridgehead atoms. The van der Waals surface area contributed by atoms with E-state index in [0.29, 0.717) is 5.41 Å². The molecule has 0 aromatic heterocycles. The van der Waals surface area contributed by atoms with E-state index in [2.05, 4.69) is 24.9 Å². The van der Waals surface area contributed by atoms with Crippen molar-refractivity contribution in [3.8, 4) is 0 Å². The summed E-state index contributed by atoms with van der Waals surface area (Å²) in [5.41, 5.74) is 3.56. The summed E-state index contributed by atoms with van der Waals surface area (Å²) in [4.78, 5) is 2.45. The summed E-state index contributed by atoms with van der Waals surface area (Å²) in [6.45, 7) is 6.77. The number of hydrogen-bond donors (Lipinski definition) is 0. The van der Waals surface area contributed by atoms with Crippen LogP contribution in [0.4, 0.5) is 0 Å². The van der Waals surface area contributed by atoms with E-state index < -0.39 is 0 Å². The van der Waals surface area contributed by atoms with Crippen molar-refractivity contribution in [3.05, 3.63) is 34.4 Å². The molecular weight excluding hydrogens is 242 g/mol. The number of nitrogens with zero attached hydrogens (tertiary/aromatic N) is 1. The van der Waals surface area contributed by atoms with E-state index in [-0.39, 0.29) is 0 Å². The molecule has 1 saturated heterocycles. The van der Waals surface area contributed by atoms with Crippen molar-refractivity contribution in [3.63, 3.8) is 0 Å². The van der Waals surface area contributed by atoms with E-state index >= 15 is 0 Å². The third kappa shape index (κ3) is 3.07. The summed E-state index contributed by atoms with van der Waals surface area (Å²) in [5.74, 6) is 0. The maximum absolute atomic E-state index is 6.21. The Morgan fingerprint density at radius 1 is 1.28 bits per heavy atom. The minimum absolute atomic E-state index is 0.537. The van der Waals surface area contributed by atoms with Crippen LogP contribution >= 0.6 is 11.6 Å². The first-order valence-electron chi connectivity index (χ1n) is 6.92. The molecule has 0 atom stereocenters. The van der Waals surface area contributed by atoms with Crippen molar-refractivity contribution in [2.24, 2.45) is 5.41 Å². The highest BCUT2D eigenvalue weighted by atomic mass is 35.5. The van der Waals surface area contributed by atoms with E-state index in [0.717, 1.165) is 5.03 Å². The van der Waals surface area contributed by atoms with Crippen LogP contribution in [0.2, 0.25) is 0 Å². The molecule has 0 radical (unpaired) electrons. The van der Waals surface area contributed by atoms with E-state index in [4.69, 9.17) is 11.6 Å². The van der Waals surface area contributed by atoms with Crippen LogP contribution < -0.4 is 0 Å². The Labute approximate surface area is 116 Å². The second kappa shape index (κ2) is 5.63. The van der Waals surface area contributed by atoms with Gasteiger partial charge in [0.2, 0.25) is 0 Å². The molecule has 2 aliphatic rings. The van der Waals surface area contributed by atoms with Gasteiger partial charge in [-0.25, -0.2) is 0 Å². The number of likely N-dealkylation sites (tertiary alicyclic amines) is 1. The maximum Gasteiger partial charge on any atom is 0.0405 e. The van der Waals surface area contributed by atoms with Crippen LogP contribution in [0.5, 0.6) is 0 Å². The van der Waals surface area contributed by atoms with E-state index in [1.54, 1.807) is 5.57 Å². The molecule has 0 unspecified atom stereocenters. The standard InChI is InChI=1S/C16H24ClN/c1-4-5-15(17)10-14-12-16(11-13(14)2)6-8-18(3)9-7-16/h4-5,10H,6-9,11-12H2,1-3H3/b5-4-,15-10+. The van der Waals surface area contributed by atoms with Crippen molar-refractivity contribution in [1.29, 1.82) is 0 Å². The highest BCUT2D eigenvalue weighted by molar-refractivity contribution is 6.31. The molecular formula is C16H24ClN. The molecule has 100 valence electrons. The van der Waals surface area contributed by atoms with Gasteiger partial charge in [-0.3, -0.25) is 0 Å². The zero-order chi connectivity index (χ0) is 13.2. The molecule has 18 heavy (non-hydrogen) atoms. The summed E-state index contributed by atoms with van der Waals surface area (Å²) in [7, 11) is 2.23. The van der Waals surface area contributed by atoms with Gasteiger partial charge in [0.15, 0.2) is 0 Å². The van der Waals surface area contributed by atoms with Gasteiger partial charge >= 0.3 is 0 Å². The van der Waals surface area contributed by atoms with Crippen molar-refractivity contribution >= 4 is 11.6 Å². The Hall–Kier alpha value is -0.530. The normalized spacial score (nSPS) is 25.7. The zero-order valence-corrected chi connectivity index (χ0v) is 12.6. The van der Waals surface area contributed by atoms with E-state index in [1.165, 1.54) is 44.3 Å². The van der Waals surface area contributed by atoms with Crippen LogP contribution in [0, 0.1) is 5.41 Å². The largest absolute Gasteiger partial charge is 0.306 e. The average molecular weight is 266 g/mol. The second-order valence-corrected chi connectivity index (χ2v) is 6.43. The van der Waals surface area contributed by atoms with Gasteiger partial charge in [-0.05, 0) is 82.8 Å². The van der Waals surface area contributed by atoms with Gasteiger partial charge in [0, 0.05) is 5.03 Å². The number of hydrogen-bond acceptors (Lipinski definition) is 1. The van der Waals surface area contributed by atoms with Crippen molar-refractivity contribution in [2.45, 2.75) is 39.5 Å². The molecule has 0 N–H and O–H groups in total. The molecule has 1 heterocycles. The molecule has 1 fully saturated rings. The topological polar surface area (TPSA) is 3.24 Å². The first kappa shape index (κ1) is 13.9. The number of halogens is 1. The Kier molecular flexibility index (Phi) is 4.34. The number of rotatable bonds is 2. The van der Waals surface area contributed by atoms with Crippen LogP contribution in [0.1, 0.15) is 39.5 Å². The fourth-order valence-corrected chi connectivity index (χ4v) is 3.55. The van der Waals surface area contributed by atoms with Crippen LogP contribution in [-0.2, 0) is 0 Å². The summed E-state index contributed by atoms with van der Waals surface area (Å²) < 4.78 is 0. The van der Waals surface area contributed by atoms with Crippen LogP contribution in [-0.4, -0.2) is 25.0 Å². The fourth-order valence-electron chi connectivity index (χ4n) is 3.29. The minimum atomic E-state index is 0.537. The molecule has 2 heteroatoms. The third-order valence-corrected chi connectivity index (χ3v) is 4.67. The van der Waals surface area contributed by atoms with Gasteiger partial charge in [0.1, 0.15) is 0 Å². The van der Waals surface area contributed by atoms with E-state index in [1.807, 2.05) is 19.1 Å². The van der Waals surface area contributed by atoms with Gasteiger partial charge in [0.05, 0.1) is 0 Å². The zero-order valence-electron chi connectivity index (χ0n) is 11.8. The lowest BCUT2D eigenvalue weighted by Gasteiger charge is -2.38. The van der Waals surface area contributed by atoms with Crippen molar-refractivity contribution in [2.75, 3.05) is 20.1 Å². The Balaban J connectivity index is 2.07. The quantitative estimate of drug-likeness (QED) is 0.664. The minimum Gasteiger partial charge on any atom is -0.306 e. The Bertz CT molecular complexity index is 395. The number of allylic oxidation sites excluding steroid dienone is 6. The molecule has 1 aliphatic heterocycles. The molecule has 0 amide bonds. The highest BCUT2D eigenvalue weighted by Crippen LogP contribution is 2.49. The molecule has 1 spiro atoms. The predicted octanol–water partition coefficient (Wildman–Crippen LogP) is 4.51. The molecule has 0 aromatic carbocycles. The molecule has 0 saturated carbocycles. The van der Waals surface area contributed by atoms with Crippen molar-refractivity contribution < 1.29 is 0 Å². The monoisotopic (exact) mass is 265 g/mol. The fraction of sp³-hybridized carbons (Fsp3) is 0.625. The van der Waals surface area contributed by atoms with Gasteiger partial charge in [0.25, 0.3) is 0 Å². The highest BCUT2D eigenvalue weighted by Gasteiger charge is 2.38. The Morgan fingerprint density at radius 3 is 2.56 bits per heavy atom. The van der Waals surface area contributed by atoms with Crippen LogP contribution in [0.25, 0.3) is 0 Å². The SMILES string of the molecule is C/C=C\C(Cl)=C/C1=C(C)CC2(CCN(C)CC2)C1. The lowest BCUT2D eigenvalue weighted by molar-refractivity contribution is 0.131. The summed E-state index contributed by atoms with van der Waals surface area (Å²) in [6.07, 6.45) is 11.3. The third-order valence-electron chi connectivity index (χ3n) is 4.44. The number of piperidine rings is 1. The first-order valence-corrected chi connectivity index (χ1v) is 7.29. The lowest BCUT2D eigenvalue weighted by Crippen LogP contribution is -2.36. The van der Waals surface area contributed by atoms with Crippen molar-refractivity contribution in [1.82, 2.24) is 4.90 Å². The summed E-state index contributed by atoms with van der Waals surface area (Å²) in [5, 5.41) is 0.858. The second-order valence-electron chi connectivity index (χ2n) is 5.99. The van der Waals surface area contributed by atoms with Crippen LogP contribution in [0.15, 0.2) is 34.4 Å². The van der Waals surface area contributed by atoms with Gasteiger partial charge in [-0.1, -0.05) is 23.3 Å². The van der Waals surface area contributed by atoms with Gasteiger partial charge in [-0.15, -0.1) is 0 Å². The first-order chi connectivity index (χ1) is 8.54. The lowest BCUT2D eigenvalue weighted by atomic mass is 9.75. The molecule has 2 rings (SSSR count). The molecule has 0 aromatic rings. The van der Waals surface area contributed by atoms with Gasteiger partial charge in [-0.2, -0.15) is 0 Å². The van der Waals surface area contributed by atoms with E-state index in [9.17, 15) is 0 Å². The molecule has 1 nitrogen and oxygen atoms in total. The molecule has 1 aliphatic carbocycles. The predicted molar refractivity (Wildman–Crippen MR) is 79.8 cm³/mol. The van der Waals surface area contributed by atoms with Crippen LogP contribution in [0.3, 0.4) is 0 Å². The smallest absolute Gasteiger partial charge is 0.0405 e. The van der Waals surface area contributed by atoms with Gasteiger partial charge < -0.3 is 4.90 Å². The summed E-state index contributed by atoms with van der Waals surface area (Å²) in [6, 6.07) is 0. The maximum atomic E-state index is 6.21. The average Bonchev–Trinajstić information content (AvgIpc) is 2.61. The Morgan fingerprint density at radius 2 is 1.94 bits per heavy atom. The summed E-state index contributed by atoms with van der Waals surface area (Å²) >= 11 is 6.21.